The zero-order chi connectivity index (χ0) is 19.1. The van der Waals surface area contributed by atoms with Crippen molar-refractivity contribution in [1.29, 1.82) is 0 Å². The van der Waals surface area contributed by atoms with E-state index in [9.17, 15) is 4.39 Å². The van der Waals surface area contributed by atoms with E-state index in [4.69, 9.17) is 4.74 Å². The molecule has 2 aliphatic rings. The van der Waals surface area contributed by atoms with Gasteiger partial charge in [-0.2, -0.15) is 11.8 Å². The summed E-state index contributed by atoms with van der Waals surface area (Å²) in [6.07, 6.45) is 2.05. The summed E-state index contributed by atoms with van der Waals surface area (Å²) in [6.45, 7) is 7.30. The lowest BCUT2D eigenvalue weighted by atomic mass is 9.95. The normalized spacial score (nSPS) is 23.3. The maximum Gasteiger partial charge on any atom is 0.191 e. The first-order valence-electron chi connectivity index (χ1n) is 9.73. The molecule has 1 atom stereocenters. The Labute approximate surface area is 189 Å². The van der Waals surface area contributed by atoms with Crippen LogP contribution in [0.3, 0.4) is 0 Å². The molecule has 0 spiro atoms. The van der Waals surface area contributed by atoms with Crippen LogP contribution in [0.15, 0.2) is 23.2 Å². The van der Waals surface area contributed by atoms with Crippen LogP contribution >= 0.6 is 35.7 Å². The predicted molar refractivity (Wildman–Crippen MR) is 127 cm³/mol. The smallest absolute Gasteiger partial charge is 0.191 e. The minimum absolute atomic E-state index is 0. The zero-order valence-corrected chi connectivity index (χ0v) is 19.9. The van der Waals surface area contributed by atoms with Crippen LogP contribution in [-0.4, -0.2) is 74.3 Å². The van der Waals surface area contributed by atoms with Gasteiger partial charge in [0.05, 0.1) is 13.2 Å². The summed E-state index contributed by atoms with van der Waals surface area (Å²) in [4.78, 5) is 6.97. The van der Waals surface area contributed by atoms with Crippen molar-refractivity contribution in [3.05, 3.63) is 35.1 Å². The fraction of sp³-hybridized carbons (Fsp3) is 0.650. The number of nitrogens with one attached hydrogen (secondary N) is 2. The van der Waals surface area contributed by atoms with Gasteiger partial charge in [0, 0.05) is 44.5 Å². The Morgan fingerprint density at radius 3 is 2.75 bits per heavy atom. The van der Waals surface area contributed by atoms with E-state index in [1.807, 2.05) is 31.8 Å². The monoisotopic (exact) mass is 522 g/mol. The molecule has 0 aliphatic carbocycles. The van der Waals surface area contributed by atoms with Crippen LogP contribution in [0.2, 0.25) is 0 Å². The molecule has 1 aromatic carbocycles. The van der Waals surface area contributed by atoms with E-state index in [2.05, 4.69) is 20.5 Å². The molecule has 2 fully saturated rings. The van der Waals surface area contributed by atoms with E-state index < -0.39 is 0 Å². The molecule has 0 amide bonds. The van der Waals surface area contributed by atoms with Crippen molar-refractivity contribution in [2.45, 2.75) is 25.3 Å². The minimum atomic E-state index is -0.176. The molecular formula is C20H32FIN4OS. The molecule has 0 bridgehead atoms. The molecule has 2 heterocycles. The van der Waals surface area contributed by atoms with Crippen molar-refractivity contribution in [3.63, 3.8) is 0 Å². The number of morpholine rings is 1. The van der Waals surface area contributed by atoms with Gasteiger partial charge in [0.1, 0.15) is 5.82 Å². The van der Waals surface area contributed by atoms with Gasteiger partial charge in [0.25, 0.3) is 0 Å². The maximum absolute atomic E-state index is 13.2. The Kier molecular flexibility index (Phi) is 9.79. The summed E-state index contributed by atoms with van der Waals surface area (Å²) in [5.74, 6) is 3.03. The van der Waals surface area contributed by atoms with Crippen LogP contribution in [0.1, 0.15) is 17.5 Å². The third kappa shape index (κ3) is 6.21. The summed E-state index contributed by atoms with van der Waals surface area (Å²) in [5.41, 5.74) is 2.35. The molecule has 0 aromatic heterocycles. The lowest BCUT2D eigenvalue weighted by molar-refractivity contribution is -0.0120. The third-order valence-electron chi connectivity index (χ3n) is 5.56. The van der Waals surface area contributed by atoms with E-state index in [-0.39, 0.29) is 35.3 Å². The predicted octanol–water partition coefficient (Wildman–Crippen LogP) is 2.67. The van der Waals surface area contributed by atoms with E-state index in [0.717, 1.165) is 68.7 Å². The van der Waals surface area contributed by atoms with Crippen LogP contribution in [0.25, 0.3) is 0 Å². The lowest BCUT2D eigenvalue weighted by Gasteiger charge is -2.43. The fourth-order valence-corrected chi connectivity index (χ4v) is 5.34. The highest BCUT2D eigenvalue weighted by atomic mass is 127. The first-order chi connectivity index (χ1) is 13.1. The largest absolute Gasteiger partial charge is 0.379 e. The Morgan fingerprint density at radius 1 is 1.32 bits per heavy atom. The number of hydrogen-bond donors (Lipinski definition) is 2. The minimum Gasteiger partial charge on any atom is -0.379 e. The molecular weight excluding hydrogens is 490 g/mol. The second kappa shape index (κ2) is 11.6. The summed E-state index contributed by atoms with van der Waals surface area (Å²) in [5, 5.41) is 6.94. The Morgan fingerprint density at radius 2 is 2.11 bits per heavy atom. The summed E-state index contributed by atoms with van der Waals surface area (Å²) in [7, 11) is 1.81. The van der Waals surface area contributed by atoms with Gasteiger partial charge >= 0.3 is 0 Å². The van der Waals surface area contributed by atoms with Crippen LogP contribution in [0, 0.1) is 12.7 Å². The van der Waals surface area contributed by atoms with E-state index in [1.165, 1.54) is 18.2 Å². The summed E-state index contributed by atoms with van der Waals surface area (Å²) < 4.78 is 18.8. The standard InChI is InChI=1S/C20H31FN4OS.HI/c1-16-13-18(21)4-3-17(16)5-7-23-19(22-2)24-14-20(6-12-27-15-20)25-8-10-26-11-9-25;/h3-4,13H,5-12,14-15H2,1-2H3,(H2,22,23,24);1H. The fourth-order valence-electron chi connectivity index (χ4n) is 3.86. The number of ether oxygens (including phenoxy) is 1. The lowest BCUT2D eigenvalue weighted by Crippen LogP contribution is -2.60. The van der Waals surface area contributed by atoms with Gasteiger partial charge in [-0.25, -0.2) is 4.39 Å². The van der Waals surface area contributed by atoms with Gasteiger partial charge in [0.2, 0.25) is 0 Å². The van der Waals surface area contributed by atoms with Gasteiger partial charge in [-0.1, -0.05) is 6.07 Å². The first-order valence-corrected chi connectivity index (χ1v) is 10.9. The van der Waals surface area contributed by atoms with Gasteiger partial charge < -0.3 is 15.4 Å². The molecule has 28 heavy (non-hydrogen) atoms. The van der Waals surface area contributed by atoms with E-state index >= 15 is 0 Å². The number of rotatable bonds is 6. The topological polar surface area (TPSA) is 48.9 Å². The molecule has 1 unspecified atom stereocenters. The van der Waals surface area contributed by atoms with Crippen LogP contribution in [0.4, 0.5) is 4.39 Å². The second-order valence-corrected chi connectivity index (χ2v) is 8.40. The average Bonchev–Trinajstić information content (AvgIpc) is 3.17. The number of thioether (sulfide) groups is 1. The van der Waals surface area contributed by atoms with Crippen LogP contribution in [0.5, 0.6) is 0 Å². The van der Waals surface area contributed by atoms with Crippen molar-refractivity contribution in [1.82, 2.24) is 15.5 Å². The van der Waals surface area contributed by atoms with Crippen molar-refractivity contribution in [2.75, 3.05) is 57.9 Å². The Bertz CT molecular complexity index is 649. The number of benzene rings is 1. The molecule has 3 rings (SSSR count). The van der Waals surface area contributed by atoms with E-state index in [0.29, 0.717) is 0 Å². The van der Waals surface area contributed by atoms with E-state index in [1.54, 1.807) is 6.07 Å². The molecule has 8 heteroatoms. The summed E-state index contributed by atoms with van der Waals surface area (Å²) in [6, 6.07) is 4.98. The summed E-state index contributed by atoms with van der Waals surface area (Å²) >= 11 is 2.04. The zero-order valence-electron chi connectivity index (χ0n) is 16.8. The number of halogens is 2. The number of nitrogens with zero attached hydrogens (tertiary/aromatic N) is 2. The van der Waals surface area contributed by atoms with Gasteiger partial charge in [-0.15, -0.1) is 24.0 Å². The molecule has 1 aromatic rings. The van der Waals surface area contributed by atoms with Gasteiger partial charge in [-0.05, 0) is 48.8 Å². The Hall–Kier alpha value is -0.580. The number of hydrogen-bond acceptors (Lipinski definition) is 4. The molecule has 2 aliphatic heterocycles. The van der Waals surface area contributed by atoms with Crippen LogP contribution in [-0.2, 0) is 11.2 Å². The van der Waals surface area contributed by atoms with Gasteiger partial charge in [0.15, 0.2) is 5.96 Å². The quantitative estimate of drug-likeness (QED) is 0.342. The number of aliphatic imine (C=N–C) groups is 1. The molecule has 0 radical (unpaired) electrons. The molecule has 158 valence electrons. The van der Waals surface area contributed by atoms with Crippen molar-refractivity contribution < 1.29 is 9.13 Å². The van der Waals surface area contributed by atoms with Gasteiger partial charge in [-0.3, -0.25) is 9.89 Å². The molecule has 5 nitrogen and oxygen atoms in total. The average molecular weight is 522 g/mol. The van der Waals surface area contributed by atoms with Crippen molar-refractivity contribution in [3.8, 4) is 0 Å². The van der Waals surface area contributed by atoms with Crippen molar-refractivity contribution in [2.24, 2.45) is 4.99 Å². The molecule has 2 saturated heterocycles. The third-order valence-corrected chi connectivity index (χ3v) is 6.80. The Balaban J connectivity index is 0.00000280. The highest BCUT2D eigenvalue weighted by Gasteiger charge is 2.40. The SMILES string of the molecule is CN=C(NCCc1ccc(F)cc1C)NCC1(N2CCOCC2)CCSC1.I. The second-order valence-electron chi connectivity index (χ2n) is 7.30. The maximum atomic E-state index is 13.2. The molecule has 2 N–H and O–H groups in total. The molecule has 0 saturated carbocycles. The highest BCUT2D eigenvalue weighted by molar-refractivity contribution is 14.0. The number of guanidine groups is 1. The highest BCUT2D eigenvalue weighted by Crippen LogP contribution is 2.33. The van der Waals surface area contributed by atoms with Crippen LogP contribution < -0.4 is 10.6 Å². The van der Waals surface area contributed by atoms with Crippen molar-refractivity contribution >= 4 is 41.7 Å². The number of aryl methyl sites for hydroxylation is 1. The first kappa shape index (κ1) is 23.7.